The number of fused-ring (bicyclic) bond motifs is 8. The van der Waals surface area contributed by atoms with Crippen LogP contribution >= 0.6 is 11.3 Å². The van der Waals surface area contributed by atoms with Crippen LogP contribution in [0.5, 0.6) is 0 Å². The molecule has 0 aliphatic heterocycles. The minimum absolute atomic E-state index is 0.200. The number of benzene rings is 8. The van der Waals surface area contributed by atoms with Gasteiger partial charge in [-0.1, -0.05) is 139 Å². The normalized spacial score (nSPS) is 13.4. The molecule has 0 fully saturated rings. The minimum Gasteiger partial charge on any atom is -0.455 e. The maximum atomic E-state index is 8.88. The highest BCUT2D eigenvalue weighted by molar-refractivity contribution is 7.26. The van der Waals surface area contributed by atoms with Crippen molar-refractivity contribution in [1.82, 2.24) is 0 Å². The van der Waals surface area contributed by atoms with E-state index in [1.807, 2.05) is 36.4 Å². The van der Waals surface area contributed by atoms with Crippen molar-refractivity contribution < 1.29 is 11.3 Å². The van der Waals surface area contributed by atoms with E-state index in [2.05, 4.69) is 91.0 Å². The Morgan fingerprint density at radius 2 is 1.17 bits per heavy atom. The van der Waals surface area contributed by atoms with Gasteiger partial charge in [0.15, 0.2) is 0 Å². The van der Waals surface area contributed by atoms with Crippen molar-refractivity contribution in [3.8, 4) is 33.4 Å². The fourth-order valence-electron chi connectivity index (χ4n) is 7.18. The van der Waals surface area contributed by atoms with E-state index >= 15 is 0 Å². The topological polar surface area (TPSA) is 13.1 Å². The van der Waals surface area contributed by atoms with Crippen LogP contribution in [0.1, 0.15) is 6.85 Å². The molecular formula is C44H26OS. The molecule has 0 N–H and O–H groups in total. The zero-order valence-corrected chi connectivity index (χ0v) is 25.3. The van der Waals surface area contributed by atoms with E-state index < -0.39 is 6.04 Å². The van der Waals surface area contributed by atoms with Crippen LogP contribution in [-0.4, -0.2) is 0 Å². The van der Waals surface area contributed by atoms with Gasteiger partial charge < -0.3 is 4.42 Å². The lowest BCUT2D eigenvalue weighted by Gasteiger charge is -2.16. The average Bonchev–Trinajstić information content (AvgIpc) is 3.75. The molecule has 2 heterocycles. The van der Waals surface area contributed by atoms with E-state index in [0.717, 1.165) is 75.1 Å². The summed E-state index contributed by atoms with van der Waals surface area (Å²) in [6, 6.07) is 42.3. The van der Waals surface area contributed by atoms with Crippen molar-refractivity contribution in [3.63, 3.8) is 0 Å². The molecular weight excluding hydrogens is 577 g/mol. The number of hydrogen-bond acceptors (Lipinski definition) is 2. The van der Waals surface area contributed by atoms with Crippen molar-refractivity contribution in [2.75, 3.05) is 0 Å². The molecule has 10 rings (SSSR count). The summed E-state index contributed by atoms with van der Waals surface area (Å²) in [4.78, 5) is 0. The lowest BCUT2D eigenvalue weighted by molar-refractivity contribution is 0.670. The van der Waals surface area contributed by atoms with Crippen molar-refractivity contribution >= 4 is 75.0 Å². The van der Waals surface area contributed by atoms with Crippen LogP contribution in [0, 0.1) is 0 Å². The second-order valence-electron chi connectivity index (χ2n) is 11.6. The first-order valence-electron chi connectivity index (χ1n) is 17.8. The molecule has 0 aliphatic rings. The second kappa shape index (κ2) is 9.90. The fraction of sp³-hybridized carbons (Fsp3) is 0. The van der Waals surface area contributed by atoms with E-state index in [9.17, 15) is 0 Å². The molecule has 0 atom stereocenters. The molecule has 214 valence electrons. The summed E-state index contributed by atoms with van der Waals surface area (Å²) in [5.41, 5.74) is 6.55. The maximum Gasteiger partial charge on any atom is 0.144 e. The Morgan fingerprint density at radius 1 is 0.500 bits per heavy atom. The minimum atomic E-state index is -0.401. The van der Waals surface area contributed by atoms with Crippen LogP contribution in [0.25, 0.3) is 97.0 Å². The van der Waals surface area contributed by atoms with Gasteiger partial charge in [-0.2, -0.15) is 0 Å². The summed E-state index contributed by atoms with van der Waals surface area (Å²) in [7, 11) is 0. The van der Waals surface area contributed by atoms with Gasteiger partial charge in [0.25, 0.3) is 0 Å². The molecule has 0 radical (unpaired) electrons. The van der Waals surface area contributed by atoms with E-state index in [1.54, 1.807) is 11.3 Å². The quantitative estimate of drug-likeness (QED) is 0.195. The Balaban J connectivity index is 1.38. The van der Waals surface area contributed by atoms with Crippen molar-refractivity contribution in [3.05, 3.63) is 158 Å². The Kier molecular flexibility index (Phi) is 4.54. The van der Waals surface area contributed by atoms with Gasteiger partial charge in [-0.25, -0.2) is 0 Å². The van der Waals surface area contributed by atoms with E-state index in [1.165, 1.54) is 10.8 Å². The lowest BCUT2D eigenvalue weighted by Crippen LogP contribution is -1.90. The first-order chi connectivity index (χ1) is 24.9. The standard InChI is InChI=1S/C44H26OS/c1-2-13-28(14-3-1)31-24-25-36(44-41(31)35-19-9-11-21-38(35)46-44)40-33-17-7-6-16-32(33)39(30-23-22-27-12-4-5-15-29(27)26-30)42-34-18-8-10-20-37(34)45-43(40)42/h1-26H/i1D,2D,3D,13D,14D. The molecule has 0 bridgehead atoms. The number of furan rings is 1. The third kappa shape index (κ3) is 3.68. The van der Waals surface area contributed by atoms with E-state index in [-0.39, 0.29) is 29.7 Å². The van der Waals surface area contributed by atoms with Crippen LogP contribution in [0.3, 0.4) is 0 Å². The number of para-hydroxylation sites is 1. The van der Waals surface area contributed by atoms with Gasteiger partial charge in [0.2, 0.25) is 0 Å². The van der Waals surface area contributed by atoms with Gasteiger partial charge >= 0.3 is 0 Å². The summed E-state index contributed by atoms with van der Waals surface area (Å²) in [5, 5.41) is 8.40. The maximum absolute atomic E-state index is 8.88. The van der Waals surface area contributed by atoms with Crippen LogP contribution in [0.4, 0.5) is 0 Å². The molecule has 2 heteroatoms. The van der Waals surface area contributed by atoms with Gasteiger partial charge in [-0.05, 0) is 56.4 Å². The number of rotatable bonds is 3. The monoisotopic (exact) mass is 607 g/mol. The van der Waals surface area contributed by atoms with Crippen molar-refractivity contribution in [1.29, 1.82) is 0 Å². The fourth-order valence-corrected chi connectivity index (χ4v) is 8.42. The Bertz CT molecular complexity index is 3070. The molecule has 46 heavy (non-hydrogen) atoms. The SMILES string of the molecule is [2H]c1c([2H])c([2H])c(-c2ccc(-c3c4ccccc4c(-c4ccc5ccccc5c4)c4c3oc3ccccc34)c3sc4ccccc4c23)c([2H])c1[2H]. The molecule has 1 nitrogen and oxygen atoms in total. The highest BCUT2D eigenvalue weighted by Gasteiger charge is 2.25. The van der Waals surface area contributed by atoms with Crippen LogP contribution in [0.15, 0.2) is 162 Å². The zero-order chi connectivity index (χ0) is 34.5. The molecule has 0 unspecified atom stereocenters. The first-order valence-corrected chi connectivity index (χ1v) is 16.1. The van der Waals surface area contributed by atoms with Crippen LogP contribution in [0.2, 0.25) is 0 Å². The van der Waals surface area contributed by atoms with Gasteiger partial charge in [0.1, 0.15) is 11.2 Å². The second-order valence-corrected chi connectivity index (χ2v) is 12.7. The van der Waals surface area contributed by atoms with Crippen LogP contribution in [-0.2, 0) is 0 Å². The lowest BCUT2D eigenvalue weighted by atomic mass is 9.86. The first kappa shape index (κ1) is 21.1. The molecule has 0 amide bonds. The number of hydrogen-bond donors (Lipinski definition) is 0. The molecule has 0 saturated carbocycles. The summed E-state index contributed by atoms with van der Waals surface area (Å²) >= 11 is 1.65. The van der Waals surface area contributed by atoms with E-state index in [4.69, 9.17) is 11.3 Å². The predicted octanol–water partition coefficient (Wildman–Crippen LogP) is 13.3. The highest BCUT2D eigenvalue weighted by Crippen LogP contribution is 2.51. The summed E-state index contributed by atoms with van der Waals surface area (Å²) in [5.74, 6) is 0. The van der Waals surface area contributed by atoms with Gasteiger partial charge in [-0.3, -0.25) is 0 Å². The smallest absolute Gasteiger partial charge is 0.144 e. The largest absolute Gasteiger partial charge is 0.455 e. The van der Waals surface area contributed by atoms with Gasteiger partial charge in [0, 0.05) is 47.6 Å². The third-order valence-electron chi connectivity index (χ3n) is 9.14. The van der Waals surface area contributed by atoms with E-state index in [0.29, 0.717) is 5.56 Å². The number of thiophene rings is 1. The van der Waals surface area contributed by atoms with Crippen molar-refractivity contribution in [2.45, 2.75) is 0 Å². The van der Waals surface area contributed by atoms with Gasteiger partial charge in [-0.15, -0.1) is 11.3 Å². The Hall–Kier alpha value is -5.70. The zero-order valence-electron chi connectivity index (χ0n) is 29.4. The molecule has 8 aromatic carbocycles. The summed E-state index contributed by atoms with van der Waals surface area (Å²) < 4.78 is 51.8. The average molecular weight is 608 g/mol. The molecule has 0 saturated heterocycles. The summed E-state index contributed by atoms with van der Waals surface area (Å²) in [6.45, 7) is 0. The van der Waals surface area contributed by atoms with Gasteiger partial charge in [0.05, 0.1) is 6.85 Å². The van der Waals surface area contributed by atoms with Crippen LogP contribution < -0.4 is 0 Å². The molecule has 2 aromatic heterocycles. The molecule has 10 aromatic rings. The summed E-state index contributed by atoms with van der Waals surface area (Å²) in [6.07, 6.45) is 0. The molecule has 0 spiro atoms. The highest BCUT2D eigenvalue weighted by atomic mass is 32.1. The molecule has 0 aliphatic carbocycles. The predicted molar refractivity (Wildman–Crippen MR) is 198 cm³/mol. The third-order valence-corrected chi connectivity index (χ3v) is 10.3. The Labute approximate surface area is 276 Å². The van der Waals surface area contributed by atoms with Crippen molar-refractivity contribution in [2.24, 2.45) is 0 Å². The Morgan fingerprint density at radius 3 is 2.02 bits per heavy atom.